The number of halogens is 1. The quantitative estimate of drug-likeness (QED) is 0.731. The summed E-state index contributed by atoms with van der Waals surface area (Å²) in [4.78, 5) is 11.5. The predicted octanol–water partition coefficient (Wildman–Crippen LogP) is 2.99. The first-order valence-corrected chi connectivity index (χ1v) is 8.28. The minimum Gasteiger partial charge on any atom is -0.461 e. The summed E-state index contributed by atoms with van der Waals surface area (Å²) in [6.07, 6.45) is 4.44. The fourth-order valence-corrected chi connectivity index (χ4v) is 3.35. The first kappa shape index (κ1) is 15.4. The Balaban J connectivity index is 1.54. The second-order valence-corrected chi connectivity index (χ2v) is 6.44. The molecule has 0 aromatic carbocycles. The van der Waals surface area contributed by atoms with E-state index in [1.807, 2.05) is 32.3 Å². The maximum atomic E-state index is 6.35. The highest BCUT2D eigenvalue weighted by atomic mass is 35.5. The number of furan rings is 1. The number of hydrogen-bond donors (Lipinski definition) is 0. The monoisotopic (exact) mass is 343 g/mol. The van der Waals surface area contributed by atoms with E-state index in [0.717, 1.165) is 48.6 Å². The SMILES string of the molecule is Cc1nn(C)c(Cl)c1CN1CCc2nc(-c3ccco3)ncc2C1. The molecule has 24 heavy (non-hydrogen) atoms. The van der Waals surface area contributed by atoms with Gasteiger partial charge in [0.05, 0.1) is 17.7 Å². The van der Waals surface area contributed by atoms with E-state index >= 15 is 0 Å². The molecule has 0 unspecified atom stereocenters. The van der Waals surface area contributed by atoms with Gasteiger partial charge in [0.25, 0.3) is 0 Å². The largest absolute Gasteiger partial charge is 0.461 e. The van der Waals surface area contributed by atoms with Gasteiger partial charge in [-0.05, 0) is 19.1 Å². The van der Waals surface area contributed by atoms with Gasteiger partial charge < -0.3 is 4.42 Å². The molecule has 0 atom stereocenters. The van der Waals surface area contributed by atoms with E-state index < -0.39 is 0 Å². The Morgan fingerprint density at radius 1 is 1.38 bits per heavy atom. The Bertz CT molecular complexity index is 871. The number of aromatic nitrogens is 4. The lowest BCUT2D eigenvalue weighted by Crippen LogP contribution is -2.31. The lowest BCUT2D eigenvalue weighted by molar-refractivity contribution is 0.242. The number of fused-ring (bicyclic) bond motifs is 1. The second kappa shape index (κ2) is 6.03. The molecule has 3 aromatic rings. The number of hydrogen-bond acceptors (Lipinski definition) is 5. The van der Waals surface area contributed by atoms with Crippen LogP contribution in [0.2, 0.25) is 5.15 Å². The third kappa shape index (κ3) is 2.72. The lowest BCUT2D eigenvalue weighted by atomic mass is 10.1. The van der Waals surface area contributed by atoms with E-state index in [0.29, 0.717) is 16.7 Å². The molecule has 6 nitrogen and oxygen atoms in total. The molecule has 0 N–H and O–H groups in total. The molecular weight excluding hydrogens is 326 g/mol. The van der Waals surface area contributed by atoms with Crippen LogP contribution in [0.3, 0.4) is 0 Å². The van der Waals surface area contributed by atoms with Crippen molar-refractivity contribution in [2.45, 2.75) is 26.4 Å². The average Bonchev–Trinajstić information content (AvgIpc) is 3.19. The number of aryl methyl sites for hydroxylation is 2. The van der Waals surface area contributed by atoms with Crippen LogP contribution in [0.5, 0.6) is 0 Å². The molecule has 0 radical (unpaired) electrons. The van der Waals surface area contributed by atoms with Gasteiger partial charge in [0, 0.05) is 50.4 Å². The fraction of sp³-hybridized carbons (Fsp3) is 0.353. The molecule has 3 aromatic heterocycles. The highest BCUT2D eigenvalue weighted by Gasteiger charge is 2.22. The molecule has 4 heterocycles. The molecule has 0 spiro atoms. The standard InChI is InChI=1S/C17H18ClN5O/c1-11-13(16(18)22(2)21-11)10-23-6-5-14-12(9-23)8-19-17(20-14)15-4-3-7-24-15/h3-4,7-8H,5-6,9-10H2,1-2H3. The van der Waals surface area contributed by atoms with Crippen LogP contribution in [0, 0.1) is 6.92 Å². The zero-order valence-electron chi connectivity index (χ0n) is 13.7. The van der Waals surface area contributed by atoms with Crippen molar-refractivity contribution in [1.82, 2.24) is 24.6 Å². The maximum absolute atomic E-state index is 6.35. The van der Waals surface area contributed by atoms with E-state index in [1.165, 1.54) is 0 Å². The summed E-state index contributed by atoms with van der Waals surface area (Å²) in [5, 5.41) is 5.09. The van der Waals surface area contributed by atoms with Gasteiger partial charge >= 0.3 is 0 Å². The van der Waals surface area contributed by atoms with Crippen LogP contribution < -0.4 is 0 Å². The van der Waals surface area contributed by atoms with Crippen LogP contribution >= 0.6 is 11.6 Å². The van der Waals surface area contributed by atoms with Crippen LogP contribution in [0.25, 0.3) is 11.6 Å². The molecule has 124 valence electrons. The minimum absolute atomic E-state index is 0.651. The molecule has 0 fully saturated rings. The van der Waals surface area contributed by atoms with E-state index in [1.54, 1.807) is 10.9 Å². The lowest BCUT2D eigenvalue weighted by Gasteiger charge is -2.27. The summed E-state index contributed by atoms with van der Waals surface area (Å²) in [7, 11) is 1.87. The van der Waals surface area contributed by atoms with Gasteiger partial charge in [0.2, 0.25) is 0 Å². The summed E-state index contributed by atoms with van der Waals surface area (Å²) in [6.45, 7) is 4.54. The topological polar surface area (TPSA) is 60.0 Å². The molecule has 7 heteroatoms. The van der Waals surface area contributed by atoms with Crippen molar-refractivity contribution in [3.8, 4) is 11.6 Å². The van der Waals surface area contributed by atoms with Gasteiger partial charge in [-0.25, -0.2) is 9.97 Å². The van der Waals surface area contributed by atoms with Crippen LogP contribution in [-0.4, -0.2) is 31.2 Å². The van der Waals surface area contributed by atoms with E-state index in [9.17, 15) is 0 Å². The Morgan fingerprint density at radius 2 is 2.25 bits per heavy atom. The minimum atomic E-state index is 0.651. The molecule has 0 aliphatic carbocycles. The zero-order chi connectivity index (χ0) is 16.7. The molecule has 4 rings (SSSR count). The van der Waals surface area contributed by atoms with E-state index in [2.05, 4.69) is 20.0 Å². The smallest absolute Gasteiger partial charge is 0.195 e. The molecule has 0 saturated heterocycles. The van der Waals surface area contributed by atoms with Crippen LogP contribution in [0.15, 0.2) is 29.0 Å². The number of nitrogens with zero attached hydrogens (tertiary/aromatic N) is 5. The Labute approximate surface area is 145 Å². The van der Waals surface area contributed by atoms with Crippen molar-refractivity contribution in [3.05, 3.63) is 52.3 Å². The van der Waals surface area contributed by atoms with Gasteiger partial charge in [0.1, 0.15) is 5.15 Å². The Kier molecular flexibility index (Phi) is 3.86. The molecule has 0 bridgehead atoms. The average molecular weight is 344 g/mol. The van der Waals surface area contributed by atoms with E-state index in [-0.39, 0.29) is 0 Å². The van der Waals surface area contributed by atoms with Crippen molar-refractivity contribution in [3.63, 3.8) is 0 Å². The van der Waals surface area contributed by atoms with Gasteiger partial charge in [0.15, 0.2) is 11.6 Å². The van der Waals surface area contributed by atoms with Crippen molar-refractivity contribution in [2.75, 3.05) is 6.54 Å². The highest BCUT2D eigenvalue weighted by molar-refractivity contribution is 6.30. The molecule has 1 aliphatic heterocycles. The van der Waals surface area contributed by atoms with Crippen LogP contribution in [0.4, 0.5) is 0 Å². The third-order valence-electron chi connectivity index (χ3n) is 4.41. The Hall–Kier alpha value is -2.18. The molecule has 0 saturated carbocycles. The normalized spacial score (nSPS) is 14.8. The second-order valence-electron chi connectivity index (χ2n) is 6.08. The summed E-state index contributed by atoms with van der Waals surface area (Å²) in [5.41, 5.74) is 4.34. The summed E-state index contributed by atoms with van der Waals surface area (Å²) < 4.78 is 7.11. The number of rotatable bonds is 3. The van der Waals surface area contributed by atoms with Crippen LogP contribution in [0.1, 0.15) is 22.5 Å². The van der Waals surface area contributed by atoms with Gasteiger partial charge in [-0.1, -0.05) is 11.6 Å². The molecule has 1 aliphatic rings. The van der Waals surface area contributed by atoms with Crippen molar-refractivity contribution >= 4 is 11.6 Å². The first-order chi connectivity index (χ1) is 11.6. The highest BCUT2D eigenvalue weighted by Crippen LogP contribution is 2.25. The van der Waals surface area contributed by atoms with Gasteiger partial charge in [-0.3, -0.25) is 9.58 Å². The van der Waals surface area contributed by atoms with Crippen molar-refractivity contribution in [1.29, 1.82) is 0 Å². The van der Waals surface area contributed by atoms with E-state index in [4.69, 9.17) is 16.0 Å². The summed E-state index contributed by atoms with van der Waals surface area (Å²) in [6, 6.07) is 3.73. The molecule has 0 amide bonds. The maximum Gasteiger partial charge on any atom is 0.195 e. The van der Waals surface area contributed by atoms with Gasteiger partial charge in [-0.15, -0.1) is 0 Å². The fourth-order valence-electron chi connectivity index (χ4n) is 3.11. The Morgan fingerprint density at radius 3 is 2.96 bits per heavy atom. The van der Waals surface area contributed by atoms with Gasteiger partial charge in [-0.2, -0.15) is 5.10 Å². The summed E-state index contributed by atoms with van der Waals surface area (Å²) >= 11 is 6.35. The molecular formula is C17H18ClN5O. The first-order valence-electron chi connectivity index (χ1n) is 7.91. The van der Waals surface area contributed by atoms with Crippen molar-refractivity contribution in [2.24, 2.45) is 7.05 Å². The summed E-state index contributed by atoms with van der Waals surface area (Å²) in [5.74, 6) is 1.36. The predicted molar refractivity (Wildman–Crippen MR) is 90.5 cm³/mol. The third-order valence-corrected chi connectivity index (χ3v) is 4.88. The van der Waals surface area contributed by atoms with Crippen LogP contribution in [-0.2, 0) is 26.6 Å². The van der Waals surface area contributed by atoms with Crippen molar-refractivity contribution < 1.29 is 4.42 Å². The zero-order valence-corrected chi connectivity index (χ0v) is 14.4.